The highest BCUT2D eigenvalue weighted by atomic mass is 19.1. The van der Waals surface area contributed by atoms with E-state index in [1.165, 1.54) is 12.1 Å². The van der Waals surface area contributed by atoms with Crippen molar-refractivity contribution >= 4 is 40.2 Å². The third kappa shape index (κ3) is 6.82. The molecule has 3 amide bonds. The number of nitrogens with one attached hydrogen (secondary N) is 1. The van der Waals surface area contributed by atoms with Gasteiger partial charge in [0.25, 0.3) is 5.91 Å². The van der Waals surface area contributed by atoms with Crippen LogP contribution in [0, 0.1) is 17.6 Å². The Kier molecular flexibility index (Phi) is 9.57. The van der Waals surface area contributed by atoms with E-state index < -0.39 is 23.6 Å². The lowest BCUT2D eigenvalue weighted by Gasteiger charge is -2.40. The maximum atomic E-state index is 16.3. The minimum absolute atomic E-state index is 0.0177. The molecule has 4 aromatic rings. The number of carbonyl (C=O) groups is 3. The van der Waals surface area contributed by atoms with Gasteiger partial charge in [-0.3, -0.25) is 24.6 Å². The van der Waals surface area contributed by atoms with Crippen molar-refractivity contribution in [2.45, 2.75) is 51.1 Å². The van der Waals surface area contributed by atoms with Crippen LogP contribution in [-0.4, -0.2) is 84.5 Å². The number of piperazine rings is 1. The Bertz CT molecular complexity index is 2220. The Morgan fingerprint density at radius 3 is 2.14 bits per heavy atom. The zero-order valence-electron chi connectivity index (χ0n) is 31.3. The number of rotatable bonds is 7. The lowest BCUT2D eigenvalue weighted by Crippen LogP contribution is -2.52. The van der Waals surface area contributed by atoms with Crippen LogP contribution in [0.25, 0.3) is 11.1 Å². The summed E-state index contributed by atoms with van der Waals surface area (Å²) in [6, 6.07) is 23.1. The normalized spacial score (nSPS) is 20.7. The number of phenolic OH excluding ortho intramolecular Hbond substituents is 1. The Morgan fingerprint density at radius 1 is 0.696 bits per heavy atom. The Morgan fingerprint density at radius 2 is 1.41 bits per heavy atom. The van der Waals surface area contributed by atoms with Crippen molar-refractivity contribution in [3.05, 3.63) is 124 Å². The molecule has 4 heterocycles. The predicted octanol–water partition coefficient (Wildman–Crippen LogP) is 6.38. The van der Waals surface area contributed by atoms with Crippen LogP contribution in [0.15, 0.2) is 78.9 Å². The van der Waals surface area contributed by atoms with Crippen LogP contribution in [0.1, 0.15) is 70.3 Å². The highest BCUT2D eigenvalue weighted by Gasteiger charge is 2.39. The summed E-state index contributed by atoms with van der Waals surface area (Å²) in [7, 11) is 0. The predicted molar refractivity (Wildman–Crippen MR) is 211 cm³/mol. The highest BCUT2D eigenvalue weighted by molar-refractivity contribution is 6.05. The van der Waals surface area contributed by atoms with Gasteiger partial charge in [0.1, 0.15) is 23.4 Å². The number of anilines is 2. The zero-order valence-corrected chi connectivity index (χ0v) is 31.3. The number of imide groups is 1. The molecule has 2 N–H and O–H groups in total. The molecular formula is C45H45F2N5O4. The molecule has 0 unspecified atom stereocenters. The Hall–Kier alpha value is -5.55. The number of carbonyl (C=O) groups excluding carboxylic acids is 3. The van der Waals surface area contributed by atoms with Crippen molar-refractivity contribution in [2.24, 2.45) is 5.92 Å². The molecule has 9 rings (SSSR count). The van der Waals surface area contributed by atoms with Crippen LogP contribution < -0.4 is 15.1 Å². The minimum Gasteiger partial charge on any atom is -0.508 e. The third-order valence-corrected chi connectivity index (χ3v) is 12.4. The molecule has 0 saturated carbocycles. The number of fused-ring (bicyclic) bond motifs is 2. The number of aromatic hydroxyl groups is 1. The first-order chi connectivity index (χ1) is 27.2. The van der Waals surface area contributed by atoms with Crippen molar-refractivity contribution in [3.8, 4) is 5.75 Å². The van der Waals surface area contributed by atoms with E-state index in [2.05, 4.69) is 26.1 Å². The van der Waals surface area contributed by atoms with Gasteiger partial charge < -0.3 is 19.8 Å². The summed E-state index contributed by atoms with van der Waals surface area (Å²) < 4.78 is 32.5. The number of hydrogen-bond donors (Lipinski definition) is 2. The lowest BCUT2D eigenvalue weighted by molar-refractivity contribution is -0.136. The number of hydrogen-bond acceptors (Lipinski definition) is 7. The smallest absolute Gasteiger partial charge is 0.255 e. The van der Waals surface area contributed by atoms with Gasteiger partial charge in [-0.05, 0) is 114 Å². The molecule has 9 nitrogen and oxygen atoms in total. The van der Waals surface area contributed by atoms with Crippen LogP contribution in [0.4, 0.5) is 20.2 Å². The molecule has 0 bridgehead atoms. The highest BCUT2D eigenvalue weighted by Crippen LogP contribution is 2.44. The molecule has 11 heteroatoms. The van der Waals surface area contributed by atoms with E-state index in [4.69, 9.17) is 0 Å². The number of phenols is 1. The minimum atomic E-state index is -0.622. The van der Waals surface area contributed by atoms with Crippen molar-refractivity contribution in [1.29, 1.82) is 0 Å². The maximum absolute atomic E-state index is 16.3. The largest absolute Gasteiger partial charge is 0.508 e. The van der Waals surface area contributed by atoms with Crippen molar-refractivity contribution < 1.29 is 28.3 Å². The summed E-state index contributed by atoms with van der Waals surface area (Å²) in [5.41, 5.74) is 7.18. The first kappa shape index (κ1) is 36.1. The van der Waals surface area contributed by atoms with Gasteiger partial charge >= 0.3 is 0 Å². The van der Waals surface area contributed by atoms with E-state index in [1.807, 2.05) is 42.5 Å². The van der Waals surface area contributed by atoms with Gasteiger partial charge in [0.15, 0.2) is 0 Å². The molecule has 0 radical (unpaired) electrons. The molecule has 288 valence electrons. The summed E-state index contributed by atoms with van der Waals surface area (Å²) in [5, 5.41) is 12.5. The van der Waals surface area contributed by atoms with Crippen LogP contribution in [0.5, 0.6) is 5.75 Å². The molecule has 1 atom stereocenters. The van der Waals surface area contributed by atoms with E-state index >= 15 is 8.78 Å². The third-order valence-electron chi connectivity index (χ3n) is 12.4. The Balaban J connectivity index is 0.819. The molecule has 3 fully saturated rings. The second-order valence-electron chi connectivity index (χ2n) is 15.8. The van der Waals surface area contributed by atoms with E-state index in [-0.39, 0.29) is 29.5 Å². The first-order valence-electron chi connectivity index (χ1n) is 19.8. The average molecular weight is 758 g/mol. The molecule has 4 aliphatic heterocycles. The summed E-state index contributed by atoms with van der Waals surface area (Å²) in [5.74, 6) is -1.37. The van der Waals surface area contributed by atoms with Crippen LogP contribution in [0.3, 0.4) is 0 Å². The maximum Gasteiger partial charge on any atom is 0.255 e. The number of nitrogens with zero attached hydrogens (tertiary/aromatic N) is 4. The van der Waals surface area contributed by atoms with Crippen LogP contribution >= 0.6 is 0 Å². The van der Waals surface area contributed by atoms with E-state index in [0.717, 1.165) is 92.2 Å². The fourth-order valence-corrected chi connectivity index (χ4v) is 9.46. The summed E-state index contributed by atoms with van der Waals surface area (Å²) in [4.78, 5) is 45.8. The van der Waals surface area contributed by atoms with E-state index in [1.54, 1.807) is 23.1 Å². The topological polar surface area (TPSA) is 96.4 Å². The second-order valence-corrected chi connectivity index (χ2v) is 15.8. The molecule has 4 aromatic carbocycles. The van der Waals surface area contributed by atoms with Crippen molar-refractivity contribution in [1.82, 2.24) is 15.1 Å². The molecule has 0 spiro atoms. The van der Waals surface area contributed by atoms with Gasteiger partial charge in [0.2, 0.25) is 11.8 Å². The number of amides is 3. The van der Waals surface area contributed by atoms with Gasteiger partial charge in [-0.25, -0.2) is 8.78 Å². The average Bonchev–Trinajstić information content (AvgIpc) is 3.53. The molecule has 5 aliphatic rings. The zero-order chi connectivity index (χ0) is 38.5. The second kappa shape index (κ2) is 14.8. The molecule has 0 aromatic heterocycles. The number of piperidine rings is 2. The Labute approximate surface area is 325 Å². The summed E-state index contributed by atoms with van der Waals surface area (Å²) >= 11 is 0. The number of aryl methyl sites for hydroxylation is 1. The van der Waals surface area contributed by atoms with E-state index in [0.29, 0.717) is 48.5 Å². The van der Waals surface area contributed by atoms with Crippen LogP contribution in [0.2, 0.25) is 0 Å². The summed E-state index contributed by atoms with van der Waals surface area (Å²) in [6.45, 7) is 6.36. The van der Waals surface area contributed by atoms with Gasteiger partial charge in [0, 0.05) is 75.7 Å². The van der Waals surface area contributed by atoms with Gasteiger partial charge in [0.05, 0.1) is 5.56 Å². The first-order valence-corrected chi connectivity index (χ1v) is 19.8. The van der Waals surface area contributed by atoms with Crippen molar-refractivity contribution in [2.75, 3.05) is 55.6 Å². The standard InChI is InChI=1S/C45H45F2N5O4/c46-38-24-33(25-39(47)43(38)42-35(29-4-2-1-3-5-29)9-6-30-23-34(53)8-11-36(30)42)50-16-14-28(15-17-50)26-49-18-20-51(21-19-49)32-7-10-37-31(22-32)27-52(45(37)56)40-12-13-41(54)48-44(40)55/h1-5,7-8,10-11,22-25,28,40,53H,6,9,12-21,26-27H2,(H,48,54,55)/t40-/m0/s1. The van der Waals surface area contributed by atoms with Crippen molar-refractivity contribution in [3.63, 3.8) is 0 Å². The quantitative estimate of drug-likeness (QED) is 0.212. The van der Waals surface area contributed by atoms with Crippen LogP contribution in [-0.2, 0) is 22.6 Å². The lowest BCUT2D eigenvalue weighted by atomic mass is 9.79. The fraction of sp³-hybridized carbons (Fsp3) is 0.356. The molecule has 1 aliphatic carbocycles. The monoisotopic (exact) mass is 757 g/mol. The molecule has 56 heavy (non-hydrogen) atoms. The molecule has 3 saturated heterocycles. The number of halogens is 2. The van der Waals surface area contributed by atoms with E-state index in [9.17, 15) is 19.5 Å². The van der Waals surface area contributed by atoms with Gasteiger partial charge in [-0.15, -0.1) is 0 Å². The van der Waals surface area contributed by atoms with Gasteiger partial charge in [-0.2, -0.15) is 0 Å². The molecular weight excluding hydrogens is 713 g/mol. The number of benzene rings is 4. The summed E-state index contributed by atoms with van der Waals surface area (Å²) in [6.07, 6.45) is 3.75. The number of allylic oxidation sites excluding steroid dienone is 1. The fourth-order valence-electron chi connectivity index (χ4n) is 9.46. The SMILES string of the molecule is O=C1CC[C@H](N2Cc3cc(N4CCN(CC5CCN(c6cc(F)c(C7=C(c8ccccc8)CCc8cc(O)ccc87)c(F)c6)CC5)CC4)ccc3C2=O)C(=O)N1. The van der Waals surface area contributed by atoms with Gasteiger partial charge in [-0.1, -0.05) is 36.4 Å².